The first kappa shape index (κ1) is 16.0. The molecule has 2 heterocycles. The molecule has 134 valence electrons. The van der Waals surface area contributed by atoms with Crippen LogP contribution in [0.25, 0.3) is 38.6 Å². The molecule has 1 aliphatic rings. The Balaban J connectivity index is 1.76. The molecule has 0 amide bonds. The summed E-state index contributed by atoms with van der Waals surface area (Å²) in [6.07, 6.45) is 0. The molecule has 0 atom stereocenters. The fraction of sp³-hybridized carbons (Fsp3) is 0.0400. The van der Waals surface area contributed by atoms with Crippen LogP contribution in [0, 0.1) is 0 Å². The van der Waals surface area contributed by atoms with Crippen LogP contribution in [0.3, 0.4) is 0 Å². The second-order valence-electron chi connectivity index (χ2n) is 7.14. The number of para-hydroxylation sites is 2. The molecule has 0 fully saturated rings. The monoisotopic (exact) mass is 425 g/mol. The van der Waals surface area contributed by atoms with Crippen LogP contribution in [0.5, 0.6) is 5.75 Å². The maximum atomic E-state index is 6.02. The highest BCUT2D eigenvalue weighted by Gasteiger charge is 2.21. The third-order valence-corrected chi connectivity index (χ3v) is 6.02. The number of halogens is 1. The zero-order chi connectivity index (χ0) is 18.7. The lowest BCUT2D eigenvalue weighted by atomic mass is 9.95. The summed E-state index contributed by atoms with van der Waals surface area (Å²) in [7, 11) is 0. The Morgan fingerprint density at radius 2 is 1.50 bits per heavy atom. The van der Waals surface area contributed by atoms with Gasteiger partial charge in [0.05, 0.1) is 11.0 Å². The molecule has 2 nitrogen and oxygen atoms in total. The highest BCUT2D eigenvalue weighted by molar-refractivity contribution is 9.10. The Bertz CT molecular complexity index is 1370. The maximum Gasteiger partial charge on any atom is 0.127 e. The van der Waals surface area contributed by atoms with E-state index in [4.69, 9.17) is 4.74 Å². The van der Waals surface area contributed by atoms with Gasteiger partial charge >= 0.3 is 0 Å². The number of rotatable bonds is 1. The minimum atomic E-state index is 0.600. The molecule has 28 heavy (non-hydrogen) atoms. The molecule has 0 saturated carbocycles. The zero-order valence-corrected chi connectivity index (χ0v) is 16.6. The van der Waals surface area contributed by atoms with Crippen LogP contribution < -0.4 is 4.74 Å². The molecule has 0 aliphatic carbocycles. The standard InChI is InChI=1S/C25H16BrNO/c26-17-10-11-23-21(13-17)22-14-20-16(15-28-25-9-5-4-8-19(20)25)12-24(22)27(23)18-6-2-1-3-7-18/h1-14H,15H2. The summed E-state index contributed by atoms with van der Waals surface area (Å²) in [5.74, 6) is 0.960. The van der Waals surface area contributed by atoms with Crippen LogP contribution in [0.15, 0.2) is 89.4 Å². The van der Waals surface area contributed by atoms with Crippen molar-refractivity contribution in [1.82, 2.24) is 4.57 Å². The van der Waals surface area contributed by atoms with Gasteiger partial charge in [0.2, 0.25) is 0 Å². The Morgan fingerprint density at radius 3 is 2.39 bits per heavy atom. The number of benzene rings is 4. The minimum Gasteiger partial charge on any atom is -0.488 e. The SMILES string of the molecule is Brc1ccc2c(c1)c1cc3c(cc1n2-c1ccccc1)COc1ccccc1-3. The first-order valence-electron chi connectivity index (χ1n) is 9.34. The maximum absolute atomic E-state index is 6.02. The van der Waals surface area contributed by atoms with Crippen molar-refractivity contribution in [2.24, 2.45) is 0 Å². The van der Waals surface area contributed by atoms with Crippen LogP contribution in [0.1, 0.15) is 5.56 Å². The second kappa shape index (κ2) is 5.98. The van der Waals surface area contributed by atoms with E-state index in [9.17, 15) is 0 Å². The van der Waals surface area contributed by atoms with Gasteiger partial charge < -0.3 is 9.30 Å². The molecule has 1 aromatic heterocycles. The summed E-state index contributed by atoms with van der Waals surface area (Å²) < 4.78 is 9.46. The third kappa shape index (κ3) is 2.26. The summed E-state index contributed by atoms with van der Waals surface area (Å²) in [5, 5.41) is 2.51. The molecule has 3 heteroatoms. The molecule has 0 N–H and O–H groups in total. The summed E-state index contributed by atoms with van der Waals surface area (Å²) >= 11 is 3.66. The highest BCUT2D eigenvalue weighted by atomic mass is 79.9. The van der Waals surface area contributed by atoms with Crippen molar-refractivity contribution in [3.05, 3.63) is 95.0 Å². The van der Waals surface area contributed by atoms with Crippen molar-refractivity contribution in [1.29, 1.82) is 0 Å². The molecule has 1 aliphatic heterocycles. The van der Waals surface area contributed by atoms with Gasteiger partial charge in [-0.2, -0.15) is 0 Å². The van der Waals surface area contributed by atoms with Gasteiger partial charge in [-0.05, 0) is 59.7 Å². The van der Waals surface area contributed by atoms with E-state index in [1.165, 1.54) is 44.2 Å². The summed E-state index contributed by atoms with van der Waals surface area (Å²) in [5.41, 5.74) is 7.25. The lowest BCUT2D eigenvalue weighted by Crippen LogP contribution is -2.05. The fourth-order valence-electron chi connectivity index (χ4n) is 4.28. The van der Waals surface area contributed by atoms with E-state index in [0.717, 1.165) is 10.2 Å². The Labute approximate surface area is 171 Å². The predicted octanol–water partition coefficient (Wildman–Crippen LogP) is 7.11. The summed E-state index contributed by atoms with van der Waals surface area (Å²) in [6, 6.07) is 30.0. The van der Waals surface area contributed by atoms with E-state index >= 15 is 0 Å². The molecule has 0 bridgehead atoms. The minimum absolute atomic E-state index is 0.600. The Morgan fingerprint density at radius 1 is 0.714 bits per heavy atom. The lowest BCUT2D eigenvalue weighted by Gasteiger charge is -2.21. The van der Waals surface area contributed by atoms with Crippen molar-refractivity contribution in [2.45, 2.75) is 6.61 Å². The average molecular weight is 426 g/mol. The van der Waals surface area contributed by atoms with Crippen LogP contribution in [0.2, 0.25) is 0 Å². The van der Waals surface area contributed by atoms with E-state index in [1.807, 2.05) is 12.1 Å². The Kier molecular flexibility index (Phi) is 3.41. The first-order valence-corrected chi connectivity index (χ1v) is 10.1. The van der Waals surface area contributed by atoms with Gasteiger partial charge in [0.25, 0.3) is 0 Å². The van der Waals surface area contributed by atoms with Gasteiger partial charge in [-0.1, -0.05) is 52.3 Å². The summed E-state index contributed by atoms with van der Waals surface area (Å²) in [6.45, 7) is 0.600. The van der Waals surface area contributed by atoms with E-state index in [0.29, 0.717) is 6.61 Å². The van der Waals surface area contributed by atoms with Gasteiger partial charge in [0, 0.05) is 26.5 Å². The number of nitrogens with zero attached hydrogens (tertiary/aromatic N) is 1. The van der Waals surface area contributed by atoms with Crippen LogP contribution in [-0.2, 0) is 6.61 Å². The Hall–Kier alpha value is -3.04. The van der Waals surface area contributed by atoms with E-state index < -0.39 is 0 Å². The van der Waals surface area contributed by atoms with Gasteiger partial charge in [-0.15, -0.1) is 0 Å². The van der Waals surface area contributed by atoms with Crippen molar-refractivity contribution in [2.75, 3.05) is 0 Å². The van der Waals surface area contributed by atoms with Crippen molar-refractivity contribution < 1.29 is 4.74 Å². The van der Waals surface area contributed by atoms with Crippen LogP contribution in [-0.4, -0.2) is 4.57 Å². The molecular formula is C25H16BrNO. The smallest absolute Gasteiger partial charge is 0.127 e. The largest absolute Gasteiger partial charge is 0.488 e. The molecule has 0 saturated heterocycles. The number of ether oxygens (including phenoxy) is 1. The van der Waals surface area contributed by atoms with Crippen molar-refractivity contribution in [3.63, 3.8) is 0 Å². The predicted molar refractivity (Wildman–Crippen MR) is 118 cm³/mol. The third-order valence-electron chi connectivity index (χ3n) is 5.53. The quantitative estimate of drug-likeness (QED) is 0.279. The first-order chi connectivity index (χ1) is 13.8. The lowest BCUT2D eigenvalue weighted by molar-refractivity contribution is 0.302. The number of fused-ring (bicyclic) bond motifs is 6. The highest BCUT2D eigenvalue weighted by Crippen LogP contribution is 2.42. The molecule has 0 unspecified atom stereocenters. The zero-order valence-electron chi connectivity index (χ0n) is 15.0. The molecular weight excluding hydrogens is 410 g/mol. The number of aromatic nitrogens is 1. The molecule has 6 rings (SSSR count). The summed E-state index contributed by atoms with van der Waals surface area (Å²) in [4.78, 5) is 0. The molecule has 0 radical (unpaired) electrons. The van der Waals surface area contributed by atoms with Gasteiger partial charge in [-0.25, -0.2) is 0 Å². The topological polar surface area (TPSA) is 14.2 Å². The molecule has 0 spiro atoms. The van der Waals surface area contributed by atoms with E-state index in [1.54, 1.807) is 0 Å². The van der Waals surface area contributed by atoms with E-state index in [-0.39, 0.29) is 0 Å². The average Bonchev–Trinajstić information content (AvgIpc) is 3.05. The van der Waals surface area contributed by atoms with Crippen LogP contribution >= 0.6 is 15.9 Å². The van der Waals surface area contributed by atoms with Crippen molar-refractivity contribution in [3.8, 4) is 22.6 Å². The fourth-order valence-corrected chi connectivity index (χ4v) is 4.64. The van der Waals surface area contributed by atoms with Crippen molar-refractivity contribution >= 4 is 37.7 Å². The van der Waals surface area contributed by atoms with E-state index in [2.05, 4.69) is 93.3 Å². The van der Waals surface area contributed by atoms with Gasteiger partial charge in [0.15, 0.2) is 0 Å². The second-order valence-corrected chi connectivity index (χ2v) is 8.06. The normalized spacial score (nSPS) is 12.6. The molecule has 5 aromatic rings. The molecule has 4 aromatic carbocycles. The number of hydrogen-bond donors (Lipinski definition) is 0. The number of hydrogen-bond acceptors (Lipinski definition) is 1. The van der Waals surface area contributed by atoms with Crippen LogP contribution in [0.4, 0.5) is 0 Å². The van der Waals surface area contributed by atoms with Gasteiger partial charge in [0.1, 0.15) is 12.4 Å². The van der Waals surface area contributed by atoms with Gasteiger partial charge in [-0.3, -0.25) is 0 Å².